The molecule has 0 saturated heterocycles. The average molecular weight is 338 g/mol. The smallest absolute Gasteiger partial charge is 0.231 e. The Morgan fingerprint density at radius 3 is 2.43 bits per heavy atom. The lowest BCUT2D eigenvalue weighted by Crippen LogP contribution is -2.49. The van der Waals surface area contributed by atoms with Crippen molar-refractivity contribution in [3.63, 3.8) is 0 Å². The molecule has 23 heavy (non-hydrogen) atoms. The Morgan fingerprint density at radius 2 is 2.00 bits per heavy atom. The van der Waals surface area contributed by atoms with Crippen LogP contribution in [0.5, 0.6) is 0 Å². The fourth-order valence-corrected chi connectivity index (χ4v) is 2.74. The Morgan fingerprint density at radius 1 is 1.39 bits per heavy atom. The Hall–Kier alpha value is -1.75. The molecule has 0 aromatic carbocycles. The van der Waals surface area contributed by atoms with Gasteiger partial charge >= 0.3 is 0 Å². The Balaban J connectivity index is 2.80. The molecule has 0 fully saturated rings. The van der Waals surface area contributed by atoms with E-state index in [9.17, 15) is 10.1 Å². The molecule has 1 aromatic heterocycles. The first-order chi connectivity index (χ1) is 10.6. The number of thioether (sulfide) groups is 1. The van der Waals surface area contributed by atoms with Crippen molar-refractivity contribution in [1.29, 1.82) is 5.26 Å². The highest BCUT2D eigenvalue weighted by atomic mass is 32.2. The molecular weight excluding hydrogens is 312 g/mol. The zero-order chi connectivity index (χ0) is 17.8. The van der Waals surface area contributed by atoms with E-state index in [-0.39, 0.29) is 23.6 Å². The van der Waals surface area contributed by atoms with Crippen molar-refractivity contribution in [3.8, 4) is 6.07 Å². The lowest BCUT2D eigenvalue weighted by molar-refractivity contribution is -0.120. The van der Waals surface area contributed by atoms with Crippen LogP contribution in [-0.4, -0.2) is 46.1 Å². The maximum Gasteiger partial charge on any atom is 0.231 e. The number of rotatable bonds is 7. The van der Waals surface area contributed by atoms with Crippen LogP contribution < -0.4 is 10.2 Å². The standard InChI is InChI=1S/C15H26N6OS/c1-10(2)15(5,9-16)17-12(22)8-23-14-19-18-13(20(6)7)21(14)11(3)4/h10-11H,8H2,1-7H3,(H,17,22)/t15-/m0/s1. The highest BCUT2D eigenvalue weighted by molar-refractivity contribution is 7.99. The van der Waals surface area contributed by atoms with Crippen molar-refractivity contribution >= 4 is 23.6 Å². The van der Waals surface area contributed by atoms with Crippen molar-refractivity contribution in [3.05, 3.63) is 0 Å². The quantitative estimate of drug-likeness (QED) is 0.766. The van der Waals surface area contributed by atoms with E-state index in [0.29, 0.717) is 5.16 Å². The van der Waals surface area contributed by atoms with Crippen LogP contribution in [0.1, 0.15) is 40.7 Å². The van der Waals surface area contributed by atoms with Gasteiger partial charge in [0, 0.05) is 20.1 Å². The maximum absolute atomic E-state index is 12.2. The van der Waals surface area contributed by atoms with E-state index in [1.165, 1.54) is 11.8 Å². The van der Waals surface area contributed by atoms with Crippen LogP contribution in [0.2, 0.25) is 0 Å². The molecule has 0 unspecified atom stereocenters. The van der Waals surface area contributed by atoms with Gasteiger partial charge in [-0.15, -0.1) is 10.2 Å². The number of nitrogens with one attached hydrogen (secondary N) is 1. The largest absolute Gasteiger partial charge is 0.347 e. The molecule has 0 bridgehead atoms. The van der Waals surface area contributed by atoms with Crippen molar-refractivity contribution in [2.75, 3.05) is 24.7 Å². The second kappa shape index (κ2) is 7.68. The molecule has 0 aliphatic carbocycles. The van der Waals surface area contributed by atoms with Crippen molar-refractivity contribution in [1.82, 2.24) is 20.1 Å². The first kappa shape index (κ1) is 19.3. The third-order valence-electron chi connectivity index (χ3n) is 3.68. The van der Waals surface area contributed by atoms with Crippen LogP contribution in [0.15, 0.2) is 5.16 Å². The van der Waals surface area contributed by atoms with Gasteiger partial charge in [-0.05, 0) is 26.7 Å². The molecule has 0 radical (unpaired) electrons. The molecule has 0 aliphatic heterocycles. The molecule has 1 aromatic rings. The average Bonchev–Trinajstić information content (AvgIpc) is 2.89. The molecule has 1 N–H and O–H groups in total. The van der Waals surface area contributed by atoms with Crippen LogP contribution in [0.3, 0.4) is 0 Å². The zero-order valence-corrected chi connectivity index (χ0v) is 15.7. The summed E-state index contributed by atoms with van der Waals surface area (Å²) in [6.45, 7) is 9.66. The Labute approximate surface area is 142 Å². The van der Waals surface area contributed by atoms with E-state index in [0.717, 1.165) is 5.95 Å². The monoisotopic (exact) mass is 338 g/mol. The number of anilines is 1. The normalized spacial score (nSPS) is 13.7. The summed E-state index contributed by atoms with van der Waals surface area (Å²) in [5.74, 6) is 0.799. The predicted octanol–water partition coefficient (Wildman–Crippen LogP) is 2.07. The number of aromatic nitrogens is 3. The Kier molecular flexibility index (Phi) is 6.45. The van der Waals surface area contributed by atoms with Gasteiger partial charge in [-0.1, -0.05) is 25.6 Å². The highest BCUT2D eigenvalue weighted by Crippen LogP contribution is 2.25. The summed E-state index contributed by atoms with van der Waals surface area (Å²) in [4.78, 5) is 14.1. The van der Waals surface area contributed by atoms with Gasteiger partial charge in [0.25, 0.3) is 0 Å². The SMILES string of the molecule is CC(C)n1c(SCC(=O)N[C@@](C)(C#N)C(C)C)nnc1N(C)C. The zero-order valence-electron chi connectivity index (χ0n) is 14.9. The fraction of sp³-hybridized carbons (Fsp3) is 0.733. The van der Waals surface area contributed by atoms with Crippen molar-refractivity contribution < 1.29 is 4.79 Å². The van der Waals surface area contributed by atoms with Gasteiger partial charge < -0.3 is 10.2 Å². The van der Waals surface area contributed by atoms with Gasteiger partial charge in [0.2, 0.25) is 11.9 Å². The minimum Gasteiger partial charge on any atom is -0.347 e. The number of hydrogen-bond acceptors (Lipinski definition) is 6. The molecular formula is C15H26N6OS. The van der Waals surface area contributed by atoms with E-state index < -0.39 is 5.54 Å². The van der Waals surface area contributed by atoms with E-state index in [1.54, 1.807) is 6.92 Å². The van der Waals surface area contributed by atoms with Crippen LogP contribution in [0.25, 0.3) is 0 Å². The molecule has 1 amide bonds. The molecule has 1 rings (SSSR count). The number of nitrogens with zero attached hydrogens (tertiary/aromatic N) is 5. The summed E-state index contributed by atoms with van der Waals surface area (Å²) in [7, 11) is 3.82. The number of carbonyl (C=O) groups excluding carboxylic acids is 1. The summed E-state index contributed by atoms with van der Waals surface area (Å²) in [5.41, 5.74) is -0.863. The van der Waals surface area contributed by atoms with Gasteiger partial charge in [0.15, 0.2) is 5.16 Å². The number of hydrogen-bond donors (Lipinski definition) is 1. The lowest BCUT2D eigenvalue weighted by Gasteiger charge is -2.27. The third kappa shape index (κ3) is 4.61. The molecule has 0 saturated carbocycles. The first-order valence-electron chi connectivity index (χ1n) is 7.59. The van der Waals surface area contributed by atoms with Crippen LogP contribution in [0, 0.1) is 17.2 Å². The van der Waals surface area contributed by atoms with Gasteiger partial charge in [-0.3, -0.25) is 9.36 Å². The van der Waals surface area contributed by atoms with Gasteiger partial charge in [0.05, 0.1) is 11.8 Å². The summed E-state index contributed by atoms with van der Waals surface area (Å²) in [6, 6.07) is 2.36. The molecule has 8 heteroatoms. The van der Waals surface area contributed by atoms with Crippen LogP contribution >= 0.6 is 11.8 Å². The number of amides is 1. The third-order valence-corrected chi connectivity index (χ3v) is 4.62. The van der Waals surface area contributed by atoms with Crippen molar-refractivity contribution in [2.24, 2.45) is 5.92 Å². The minimum absolute atomic E-state index is 0.0288. The molecule has 0 spiro atoms. The van der Waals surface area contributed by atoms with E-state index in [1.807, 2.05) is 51.3 Å². The van der Waals surface area contributed by atoms with Gasteiger partial charge in [-0.2, -0.15) is 5.26 Å². The molecule has 1 heterocycles. The second-order valence-corrected chi connectivity index (χ2v) is 7.39. The highest BCUT2D eigenvalue weighted by Gasteiger charge is 2.30. The summed E-state index contributed by atoms with van der Waals surface area (Å²) in [6.07, 6.45) is 0. The van der Waals surface area contributed by atoms with Gasteiger partial charge in [-0.25, -0.2) is 0 Å². The topological polar surface area (TPSA) is 86.8 Å². The summed E-state index contributed by atoms with van der Waals surface area (Å²) in [5, 5.41) is 21.1. The molecule has 1 atom stereocenters. The molecule has 128 valence electrons. The number of nitriles is 1. The molecule has 7 nitrogen and oxygen atoms in total. The van der Waals surface area contributed by atoms with E-state index in [2.05, 4.69) is 21.6 Å². The fourth-order valence-electron chi connectivity index (χ4n) is 1.88. The van der Waals surface area contributed by atoms with E-state index >= 15 is 0 Å². The summed E-state index contributed by atoms with van der Waals surface area (Å²) < 4.78 is 1.99. The summed E-state index contributed by atoms with van der Waals surface area (Å²) >= 11 is 1.33. The van der Waals surface area contributed by atoms with Gasteiger partial charge in [0.1, 0.15) is 5.54 Å². The minimum atomic E-state index is -0.863. The number of carbonyl (C=O) groups is 1. The van der Waals surface area contributed by atoms with Crippen molar-refractivity contribution in [2.45, 2.75) is 51.4 Å². The predicted molar refractivity (Wildman–Crippen MR) is 92.5 cm³/mol. The lowest BCUT2D eigenvalue weighted by atomic mass is 9.90. The van der Waals surface area contributed by atoms with Crippen LogP contribution in [-0.2, 0) is 4.79 Å². The Bertz CT molecular complexity index is 589. The molecule has 0 aliphatic rings. The van der Waals surface area contributed by atoms with E-state index in [4.69, 9.17) is 0 Å². The van der Waals surface area contributed by atoms with Crippen LogP contribution in [0.4, 0.5) is 5.95 Å². The first-order valence-corrected chi connectivity index (χ1v) is 8.58. The maximum atomic E-state index is 12.2. The second-order valence-electron chi connectivity index (χ2n) is 6.45.